The number of fused-ring (bicyclic) bond motifs is 1. The zero-order chi connectivity index (χ0) is 22.2. The maximum Gasteiger partial charge on any atom is 0.223 e. The Balaban J connectivity index is 0.00000306. The molecule has 0 aliphatic carbocycles. The lowest BCUT2D eigenvalue weighted by molar-refractivity contribution is -0.127. The quantitative estimate of drug-likeness (QED) is 0.174. The number of nitrogens with zero attached hydrogens (tertiary/aromatic N) is 3. The maximum atomic E-state index is 12.4. The summed E-state index contributed by atoms with van der Waals surface area (Å²) in [5, 5.41) is 7.95. The van der Waals surface area contributed by atoms with Crippen molar-refractivity contribution in [2.45, 2.75) is 25.7 Å². The number of rotatable bonds is 9. The molecule has 1 saturated heterocycles. The van der Waals surface area contributed by atoms with Gasteiger partial charge in [-0.3, -0.25) is 9.79 Å². The Morgan fingerprint density at radius 3 is 2.70 bits per heavy atom. The fraction of sp³-hybridized carbons (Fsp3) is 0.400. The number of para-hydroxylation sites is 1. The van der Waals surface area contributed by atoms with Gasteiger partial charge in [-0.1, -0.05) is 42.5 Å². The number of carbonyl (C=O) groups is 1. The molecule has 1 atom stereocenters. The van der Waals surface area contributed by atoms with Crippen LogP contribution < -0.4 is 10.6 Å². The van der Waals surface area contributed by atoms with E-state index in [9.17, 15) is 4.79 Å². The summed E-state index contributed by atoms with van der Waals surface area (Å²) >= 11 is 1.77. The van der Waals surface area contributed by atoms with Crippen molar-refractivity contribution in [2.75, 3.05) is 33.2 Å². The van der Waals surface area contributed by atoms with Gasteiger partial charge in [-0.2, -0.15) is 0 Å². The lowest BCUT2D eigenvalue weighted by atomic mass is 10.1. The zero-order valence-corrected chi connectivity index (χ0v) is 22.1. The Bertz CT molecular complexity index is 1020. The van der Waals surface area contributed by atoms with E-state index in [1.807, 2.05) is 29.2 Å². The molecular weight excluding hydrogens is 545 g/mol. The van der Waals surface area contributed by atoms with Crippen LogP contribution in [0.5, 0.6) is 0 Å². The average Bonchev–Trinajstić information content (AvgIpc) is 3.40. The third kappa shape index (κ3) is 7.40. The number of hydrogen-bond donors (Lipinski definition) is 2. The topological polar surface area (TPSA) is 69.6 Å². The van der Waals surface area contributed by atoms with Gasteiger partial charge >= 0.3 is 0 Å². The fourth-order valence-electron chi connectivity index (χ4n) is 4.05. The van der Waals surface area contributed by atoms with E-state index in [0.29, 0.717) is 12.3 Å². The second-order valence-electron chi connectivity index (χ2n) is 8.20. The van der Waals surface area contributed by atoms with Crippen LogP contribution in [0.4, 0.5) is 0 Å². The number of aliphatic imine (C=N–C) groups is 1. The largest absolute Gasteiger partial charge is 0.356 e. The molecule has 6 nitrogen and oxygen atoms in total. The van der Waals surface area contributed by atoms with Crippen molar-refractivity contribution < 1.29 is 4.79 Å². The highest BCUT2D eigenvalue weighted by Gasteiger charge is 2.29. The number of guanidine groups is 1. The molecule has 33 heavy (non-hydrogen) atoms. The summed E-state index contributed by atoms with van der Waals surface area (Å²) in [7, 11) is 1.79. The van der Waals surface area contributed by atoms with Gasteiger partial charge in [0.05, 0.1) is 15.2 Å². The number of benzene rings is 2. The van der Waals surface area contributed by atoms with Gasteiger partial charge in [-0.15, -0.1) is 35.3 Å². The molecular formula is C25H32IN5OS. The van der Waals surface area contributed by atoms with Crippen LogP contribution in [0, 0.1) is 5.92 Å². The van der Waals surface area contributed by atoms with Gasteiger partial charge in [0, 0.05) is 52.0 Å². The minimum Gasteiger partial charge on any atom is -0.356 e. The first-order valence-corrected chi connectivity index (χ1v) is 12.1. The Morgan fingerprint density at radius 1 is 1.12 bits per heavy atom. The molecule has 4 rings (SSSR count). The van der Waals surface area contributed by atoms with Gasteiger partial charge in [0.1, 0.15) is 0 Å². The Hall–Kier alpha value is -2.20. The standard InChI is InChI=1S/C25H31N5OS.HI/c1-26-25(27-14-7-12-23-29-21-10-5-6-11-22(21)32-23)28-17-20-16-24(31)30(18-20)15-13-19-8-3-2-4-9-19;/h2-6,8-11,20H,7,12-18H2,1H3,(H2,26,27,28);1H. The summed E-state index contributed by atoms with van der Waals surface area (Å²) < 4.78 is 1.25. The molecule has 1 amide bonds. The SMILES string of the molecule is CN=C(NCCCc1nc2ccccc2s1)NCC1CC(=O)N(CCc2ccccc2)C1.I. The highest BCUT2D eigenvalue weighted by Crippen LogP contribution is 2.22. The van der Waals surface area contributed by atoms with E-state index in [1.54, 1.807) is 18.4 Å². The molecule has 0 spiro atoms. The highest BCUT2D eigenvalue weighted by molar-refractivity contribution is 14.0. The summed E-state index contributed by atoms with van der Waals surface area (Å²) in [6.07, 6.45) is 3.47. The van der Waals surface area contributed by atoms with Crippen LogP contribution in [0.3, 0.4) is 0 Å². The molecule has 0 bridgehead atoms. The van der Waals surface area contributed by atoms with Gasteiger partial charge in [0.2, 0.25) is 5.91 Å². The van der Waals surface area contributed by atoms with Crippen LogP contribution in [-0.2, 0) is 17.6 Å². The second kappa shape index (κ2) is 12.9. The fourth-order valence-corrected chi connectivity index (χ4v) is 5.06. The summed E-state index contributed by atoms with van der Waals surface area (Å²) in [5.74, 6) is 1.37. The van der Waals surface area contributed by atoms with E-state index in [1.165, 1.54) is 15.3 Å². The van der Waals surface area contributed by atoms with E-state index in [0.717, 1.165) is 56.9 Å². The van der Waals surface area contributed by atoms with Crippen LogP contribution in [0.1, 0.15) is 23.4 Å². The lowest BCUT2D eigenvalue weighted by Crippen LogP contribution is -2.40. The molecule has 0 radical (unpaired) electrons. The molecule has 2 aromatic carbocycles. The van der Waals surface area contributed by atoms with E-state index in [2.05, 4.69) is 46.0 Å². The predicted octanol–water partition coefficient (Wildman–Crippen LogP) is 4.10. The lowest BCUT2D eigenvalue weighted by Gasteiger charge is -2.18. The molecule has 3 aromatic rings. The number of likely N-dealkylation sites (tertiary alicyclic amines) is 1. The van der Waals surface area contributed by atoms with Gasteiger partial charge in [0.15, 0.2) is 5.96 Å². The van der Waals surface area contributed by atoms with Crippen molar-refractivity contribution in [1.29, 1.82) is 0 Å². The number of halogens is 1. The first kappa shape index (κ1) is 25.4. The normalized spacial score (nSPS) is 16.2. The van der Waals surface area contributed by atoms with Crippen molar-refractivity contribution in [3.8, 4) is 0 Å². The van der Waals surface area contributed by atoms with Crippen LogP contribution >= 0.6 is 35.3 Å². The van der Waals surface area contributed by atoms with E-state index in [4.69, 9.17) is 4.98 Å². The van der Waals surface area contributed by atoms with E-state index in [-0.39, 0.29) is 29.9 Å². The van der Waals surface area contributed by atoms with Gasteiger partial charge < -0.3 is 15.5 Å². The minimum absolute atomic E-state index is 0. The Morgan fingerprint density at radius 2 is 1.91 bits per heavy atom. The van der Waals surface area contributed by atoms with Crippen LogP contribution in [0.2, 0.25) is 0 Å². The van der Waals surface area contributed by atoms with E-state index >= 15 is 0 Å². The monoisotopic (exact) mass is 577 g/mol. The molecule has 1 aliphatic heterocycles. The van der Waals surface area contributed by atoms with Crippen LogP contribution in [0.25, 0.3) is 10.2 Å². The number of aromatic nitrogens is 1. The van der Waals surface area contributed by atoms with Crippen molar-refractivity contribution in [3.05, 3.63) is 65.2 Å². The van der Waals surface area contributed by atoms with Crippen molar-refractivity contribution in [3.63, 3.8) is 0 Å². The van der Waals surface area contributed by atoms with Crippen molar-refractivity contribution in [2.24, 2.45) is 10.9 Å². The van der Waals surface area contributed by atoms with E-state index < -0.39 is 0 Å². The van der Waals surface area contributed by atoms with Gasteiger partial charge in [0.25, 0.3) is 0 Å². The third-order valence-electron chi connectivity index (χ3n) is 5.79. The summed E-state index contributed by atoms with van der Waals surface area (Å²) in [6.45, 7) is 3.19. The first-order chi connectivity index (χ1) is 15.7. The smallest absolute Gasteiger partial charge is 0.223 e. The van der Waals surface area contributed by atoms with Gasteiger partial charge in [-0.25, -0.2) is 4.98 Å². The summed E-state index contributed by atoms with van der Waals surface area (Å²) in [4.78, 5) is 23.4. The molecule has 176 valence electrons. The first-order valence-electron chi connectivity index (χ1n) is 11.3. The van der Waals surface area contributed by atoms with Gasteiger partial charge in [-0.05, 0) is 30.5 Å². The molecule has 2 heterocycles. The number of nitrogens with one attached hydrogen (secondary N) is 2. The number of thiazole rings is 1. The number of aryl methyl sites for hydroxylation is 1. The molecule has 1 aromatic heterocycles. The maximum absolute atomic E-state index is 12.4. The number of carbonyl (C=O) groups excluding carboxylic acids is 1. The van der Waals surface area contributed by atoms with Crippen LogP contribution in [-0.4, -0.2) is 55.0 Å². The molecule has 2 N–H and O–H groups in total. The average molecular weight is 578 g/mol. The molecule has 8 heteroatoms. The highest BCUT2D eigenvalue weighted by atomic mass is 127. The Labute approximate surface area is 216 Å². The number of hydrogen-bond acceptors (Lipinski definition) is 4. The minimum atomic E-state index is 0. The van der Waals surface area contributed by atoms with Crippen molar-refractivity contribution in [1.82, 2.24) is 20.5 Å². The number of amides is 1. The molecule has 1 fully saturated rings. The summed E-state index contributed by atoms with van der Waals surface area (Å²) in [5.41, 5.74) is 2.36. The summed E-state index contributed by atoms with van der Waals surface area (Å²) in [6, 6.07) is 18.6. The zero-order valence-electron chi connectivity index (χ0n) is 19.0. The predicted molar refractivity (Wildman–Crippen MR) is 148 cm³/mol. The molecule has 1 aliphatic rings. The molecule has 1 unspecified atom stereocenters. The van der Waals surface area contributed by atoms with Crippen LogP contribution in [0.15, 0.2) is 59.6 Å². The van der Waals surface area contributed by atoms with Crippen molar-refractivity contribution >= 4 is 57.4 Å². The third-order valence-corrected chi connectivity index (χ3v) is 6.88. The Kier molecular flexibility index (Phi) is 9.93. The molecule has 0 saturated carbocycles. The second-order valence-corrected chi connectivity index (χ2v) is 9.32.